The molecule has 2 heterocycles. The molecule has 0 aromatic carbocycles. The van der Waals surface area contributed by atoms with Crippen LogP contribution in [0.4, 0.5) is 0 Å². The van der Waals surface area contributed by atoms with E-state index in [-0.39, 0.29) is 11.9 Å². The molecule has 6 nitrogen and oxygen atoms in total. The molecule has 1 unspecified atom stereocenters. The fraction of sp³-hybridized carbons (Fsp3) is 0.452. The highest BCUT2D eigenvalue weighted by Crippen LogP contribution is 2.31. The van der Waals surface area contributed by atoms with Gasteiger partial charge in [-0.2, -0.15) is 0 Å². The van der Waals surface area contributed by atoms with Crippen molar-refractivity contribution in [1.29, 1.82) is 0 Å². The van der Waals surface area contributed by atoms with Gasteiger partial charge in [-0.15, -0.1) is 11.3 Å². The lowest BCUT2D eigenvalue weighted by atomic mass is 10.1. The molecule has 0 saturated heterocycles. The van der Waals surface area contributed by atoms with E-state index in [4.69, 9.17) is 4.98 Å². The number of H-pyrrole nitrogens is 1. The van der Waals surface area contributed by atoms with Crippen LogP contribution in [0.25, 0.3) is 22.9 Å². The van der Waals surface area contributed by atoms with Crippen molar-refractivity contribution in [2.75, 3.05) is 0 Å². The summed E-state index contributed by atoms with van der Waals surface area (Å²) in [5.74, 6) is -0.131. The second kappa shape index (κ2) is 21.0. The number of Topliss-reactive ketones (excluding diaryl/α,β-unsaturated/α-hetero) is 1. The molecule has 0 radical (unpaired) electrons. The lowest BCUT2D eigenvalue weighted by Crippen LogP contribution is -2.05. The zero-order chi connectivity index (χ0) is 28.9. The third-order valence-corrected chi connectivity index (χ3v) is 6.22. The molecule has 0 aliphatic rings. The van der Waals surface area contributed by atoms with Gasteiger partial charge in [0.2, 0.25) is 6.41 Å². The van der Waals surface area contributed by atoms with Gasteiger partial charge in [-0.3, -0.25) is 9.59 Å². The number of ketones is 1. The van der Waals surface area contributed by atoms with E-state index in [2.05, 4.69) is 44.6 Å². The zero-order valence-electron chi connectivity index (χ0n) is 24.3. The van der Waals surface area contributed by atoms with Crippen LogP contribution in [0.2, 0.25) is 0 Å². The highest BCUT2D eigenvalue weighted by atomic mass is 32.1. The maximum absolute atomic E-state index is 11.7. The number of carbonyl (C=O) groups excluding carboxylic acids is 2. The van der Waals surface area contributed by atoms with E-state index in [0.29, 0.717) is 12.0 Å². The number of unbranched alkanes of at least 4 members (excludes halogenated alkanes) is 1. The number of thiazole rings is 1. The minimum Gasteiger partial charge on any atom is -0.393 e. The van der Waals surface area contributed by atoms with Gasteiger partial charge in [-0.1, -0.05) is 78.2 Å². The average molecular weight is 542 g/mol. The molecule has 0 bridgehead atoms. The first kappa shape index (κ1) is 35.0. The van der Waals surface area contributed by atoms with Crippen LogP contribution in [0.15, 0.2) is 48.2 Å². The first-order chi connectivity index (χ1) is 18.2. The summed E-state index contributed by atoms with van der Waals surface area (Å²) < 4.78 is 0. The van der Waals surface area contributed by atoms with Crippen LogP contribution < -0.4 is 5.32 Å². The van der Waals surface area contributed by atoms with Crippen LogP contribution in [0.3, 0.4) is 0 Å². The fourth-order valence-corrected chi connectivity index (χ4v) is 4.09. The van der Waals surface area contributed by atoms with Crippen molar-refractivity contribution in [1.82, 2.24) is 15.3 Å². The van der Waals surface area contributed by atoms with Crippen LogP contribution in [-0.2, 0) is 9.59 Å². The number of nitrogens with one attached hydrogen (secondary N) is 2. The van der Waals surface area contributed by atoms with Gasteiger partial charge < -0.3 is 15.4 Å². The van der Waals surface area contributed by atoms with Gasteiger partial charge in [-0.05, 0) is 45.3 Å². The summed E-state index contributed by atoms with van der Waals surface area (Å²) in [4.78, 5) is 30.0. The molecule has 0 spiro atoms. The number of amides is 1. The maximum atomic E-state index is 11.7. The number of allylic oxidation sites excluding steroid dienone is 5. The van der Waals surface area contributed by atoms with Gasteiger partial charge in [0.25, 0.3) is 0 Å². The minimum absolute atomic E-state index is 0.0325. The molecule has 1 atom stereocenters. The summed E-state index contributed by atoms with van der Waals surface area (Å²) >= 11 is 1.51. The Kier molecular flexibility index (Phi) is 19.3. The minimum atomic E-state index is -0.131. The Balaban J connectivity index is 0.000000956. The van der Waals surface area contributed by atoms with Crippen molar-refractivity contribution >= 4 is 35.2 Å². The largest absolute Gasteiger partial charge is 0.393 e. The van der Waals surface area contributed by atoms with Crippen LogP contribution in [-0.4, -0.2) is 33.4 Å². The van der Waals surface area contributed by atoms with Gasteiger partial charge in [0.1, 0.15) is 5.01 Å². The third kappa shape index (κ3) is 13.5. The van der Waals surface area contributed by atoms with Crippen molar-refractivity contribution in [3.05, 3.63) is 64.4 Å². The van der Waals surface area contributed by atoms with E-state index >= 15 is 0 Å². The number of aryl methyl sites for hydroxylation is 1. The number of aromatic nitrogens is 2. The van der Waals surface area contributed by atoms with Crippen molar-refractivity contribution in [2.24, 2.45) is 0 Å². The summed E-state index contributed by atoms with van der Waals surface area (Å²) in [5.41, 5.74) is 5.28. The molecule has 2 rings (SSSR count). The van der Waals surface area contributed by atoms with Crippen LogP contribution in [0, 0.1) is 6.92 Å². The van der Waals surface area contributed by atoms with Crippen LogP contribution >= 0.6 is 11.3 Å². The van der Waals surface area contributed by atoms with E-state index in [0.717, 1.165) is 52.4 Å². The predicted octanol–water partition coefficient (Wildman–Crippen LogP) is 8.02. The molecule has 0 fully saturated rings. The van der Waals surface area contributed by atoms with Crippen LogP contribution in [0.1, 0.15) is 96.3 Å². The Morgan fingerprint density at radius 3 is 2.45 bits per heavy atom. The van der Waals surface area contributed by atoms with Gasteiger partial charge in [0.05, 0.1) is 11.8 Å². The highest BCUT2D eigenvalue weighted by Gasteiger charge is 2.13. The number of nitrogens with zero attached hydrogens (tertiary/aromatic N) is 1. The Hall–Kier alpha value is -3.03. The molecular formula is C31H47N3O3S. The topological polar surface area (TPSA) is 95.1 Å². The molecule has 1 amide bonds. The van der Waals surface area contributed by atoms with E-state index < -0.39 is 0 Å². The lowest BCUT2D eigenvalue weighted by Gasteiger charge is -2.06. The van der Waals surface area contributed by atoms with Crippen LogP contribution in [0.5, 0.6) is 0 Å². The number of rotatable bonds is 13. The average Bonchev–Trinajstić information content (AvgIpc) is 3.51. The third-order valence-electron chi connectivity index (χ3n) is 5.24. The second-order valence-electron chi connectivity index (χ2n) is 8.93. The SMILES string of the molecule is C=C/C=C\c1c(-c2csc(/C(C)=C/C(=C\NC=O)C(C)=O)n2)c[nH]c1C.CCC.CCCCC(O)CCC. The number of hydrogen-bond acceptors (Lipinski definition) is 5. The summed E-state index contributed by atoms with van der Waals surface area (Å²) in [5, 5.41) is 14.4. The Labute approximate surface area is 233 Å². The Morgan fingerprint density at radius 1 is 1.21 bits per heavy atom. The van der Waals surface area contributed by atoms with E-state index in [9.17, 15) is 14.7 Å². The van der Waals surface area contributed by atoms with E-state index in [1.165, 1.54) is 43.7 Å². The number of hydrogen-bond donors (Lipinski definition) is 3. The zero-order valence-corrected chi connectivity index (χ0v) is 25.1. The fourth-order valence-electron chi connectivity index (χ4n) is 3.29. The van der Waals surface area contributed by atoms with Gasteiger partial charge >= 0.3 is 0 Å². The monoisotopic (exact) mass is 541 g/mol. The van der Waals surface area contributed by atoms with Crippen molar-refractivity contribution in [3.8, 4) is 11.3 Å². The predicted molar refractivity (Wildman–Crippen MR) is 164 cm³/mol. The Bertz CT molecular complexity index is 1060. The summed E-state index contributed by atoms with van der Waals surface area (Å²) in [7, 11) is 0. The Morgan fingerprint density at radius 2 is 1.89 bits per heavy atom. The molecule has 2 aromatic rings. The first-order valence-electron chi connectivity index (χ1n) is 13.4. The summed E-state index contributed by atoms with van der Waals surface area (Å²) in [6.07, 6.45) is 17.8. The molecule has 0 aliphatic carbocycles. The molecule has 210 valence electrons. The number of carbonyl (C=O) groups is 2. The van der Waals surface area contributed by atoms with E-state index in [1.807, 2.05) is 37.6 Å². The second-order valence-corrected chi connectivity index (χ2v) is 9.79. The number of aromatic amines is 1. The van der Waals surface area contributed by atoms with Gasteiger partial charge in [0, 0.05) is 40.2 Å². The molecule has 0 saturated carbocycles. The van der Waals surface area contributed by atoms with Crippen molar-refractivity contribution in [3.63, 3.8) is 0 Å². The summed E-state index contributed by atoms with van der Waals surface area (Å²) in [6.45, 7) is 17.6. The van der Waals surface area contributed by atoms with Gasteiger partial charge in [0.15, 0.2) is 5.78 Å². The molecule has 2 aromatic heterocycles. The van der Waals surface area contributed by atoms with E-state index in [1.54, 1.807) is 12.2 Å². The highest BCUT2D eigenvalue weighted by molar-refractivity contribution is 7.11. The molecule has 0 aliphatic heterocycles. The molecule has 38 heavy (non-hydrogen) atoms. The lowest BCUT2D eigenvalue weighted by molar-refractivity contribution is -0.113. The molecular weight excluding hydrogens is 494 g/mol. The van der Waals surface area contributed by atoms with Gasteiger partial charge in [-0.25, -0.2) is 4.98 Å². The van der Waals surface area contributed by atoms with Crippen molar-refractivity contribution < 1.29 is 14.7 Å². The normalized spacial score (nSPS) is 12.2. The maximum Gasteiger partial charge on any atom is 0.211 e. The standard InChI is InChI=1S/C20H21N3O2S.C8H18O.C3H8/c1-5-6-7-17-14(3)22-10-18(17)19-11-26-20(23-19)13(2)8-16(15(4)25)9-21-12-24;1-3-5-7-8(9)6-4-2;1-3-2/h5-12,22H,1H2,2-4H3,(H,21,24);8-9H,3-7H2,1-2H3;3H2,1-2H3/b7-6-,13-8+,16-9+;;. The van der Waals surface area contributed by atoms with Crippen molar-refractivity contribution in [2.45, 2.75) is 93.1 Å². The first-order valence-corrected chi connectivity index (χ1v) is 14.3. The number of aliphatic hydroxyl groups is 1. The quantitative estimate of drug-likeness (QED) is 0.136. The smallest absolute Gasteiger partial charge is 0.211 e. The number of aliphatic hydroxyl groups excluding tert-OH is 1. The summed E-state index contributed by atoms with van der Waals surface area (Å²) in [6, 6.07) is 0. The molecule has 3 N–H and O–H groups in total. The molecule has 7 heteroatoms.